The Morgan fingerprint density at radius 3 is 1.63 bits per heavy atom. The van der Waals surface area contributed by atoms with E-state index >= 15 is 0 Å². The zero-order valence-electron chi connectivity index (χ0n) is 54.4. The number of ketones is 1. The van der Waals surface area contributed by atoms with Crippen LogP contribution in [0, 0.1) is 5.92 Å². The fourth-order valence-electron chi connectivity index (χ4n) is 12.4. The van der Waals surface area contributed by atoms with E-state index in [1.54, 1.807) is 6.08 Å². The first-order valence-electron chi connectivity index (χ1n) is 33.8. The van der Waals surface area contributed by atoms with E-state index in [0.717, 1.165) is 65.2 Å². The van der Waals surface area contributed by atoms with Crippen LogP contribution in [-0.4, -0.2) is 262 Å². The van der Waals surface area contributed by atoms with Crippen molar-refractivity contribution in [3.05, 3.63) is 12.2 Å². The Labute approximate surface area is 541 Å². The van der Waals surface area contributed by atoms with E-state index in [1.165, 1.54) is 83.5 Å². The monoisotopic (exact) mass is 1330 g/mol. The molecule has 28 nitrogen and oxygen atoms in total. The number of amides is 2. The van der Waals surface area contributed by atoms with Crippen LogP contribution in [0.15, 0.2) is 12.2 Å². The standard InChI is InChI=1S/C64H114N2O26/c1-5-7-9-11-13-15-17-18-20-21-23-25-27-29-42(73)41(66-48(76)30-28-26-24-22-19-16-14-12-10-8-6-2)37-85-61-54(81)53(80)56(46(35-69)87-61)89-62-55(82)59(57(47(36-70)88-62)90-60-40(31-38(3)71)50(77)52(79)45(34-68)86-60)92-64(63(83)84)32-43(74)49(65-39(4)72)58(91-64)51(78)44(75)33-67/h27,29,40-47,49-62,67-70,73-75,77-82H,5-26,28,30-37H2,1-4H3,(H,65,72)(H,66,76)(H,83,84)/t40-,41+,42-,43+,44-,45-,46-,47-,49-,50-,51-,52+,53-,54-,55-,56-,57+,58?,59-,60+,61-,62+,64+/m1/s1. The molecule has 28 heteroatoms. The van der Waals surface area contributed by atoms with Gasteiger partial charge in [0.25, 0.3) is 5.79 Å². The molecule has 2 amide bonds. The summed E-state index contributed by atoms with van der Waals surface area (Å²) in [4.78, 5) is 51.9. The van der Waals surface area contributed by atoms with Crippen molar-refractivity contribution in [1.82, 2.24) is 10.6 Å². The van der Waals surface area contributed by atoms with E-state index < -0.39 is 204 Å². The fraction of sp³-hybridized carbons (Fsp3) is 0.906. The third-order valence-corrected chi connectivity index (χ3v) is 17.8. The summed E-state index contributed by atoms with van der Waals surface area (Å²) in [6.07, 6.45) is -10.0. The molecule has 92 heavy (non-hydrogen) atoms. The van der Waals surface area contributed by atoms with Crippen molar-refractivity contribution < 1.29 is 129 Å². The maximum Gasteiger partial charge on any atom is 0.364 e. The molecule has 0 aromatic carbocycles. The highest BCUT2D eigenvalue weighted by molar-refractivity contribution is 5.77. The van der Waals surface area contributed by atoms with E-state index in [1.807, 2.05) is 6.08 Å². The molecule has 536 valence electrons. The van der Waals surface area contributed by atoms with Gasteiger partial charge >= 0.3 is 5.97 Å². The molecule has 1 unspecified atom stereocenters. The second-order valence-corrected chi connectivity index (χ2v) is 25.4. The van der Waals surface area contributed by atoms with Gasteiger partial charge in [-0.05, 0) is 26.2 Å². The number of carbonyl (C=O) groups excluding carboxylic acids is 3. The normalized spacial score (nSPS) is 33.3. The Morgan fingerprint density at radius 2 is 1.11 bits per heavy atom. The number of allylic oxidation sites excluding steroid dienone is 1. The van der Waals surface area contributed by atoms with Crippen LogP contribution in [0.2, 0.25) is 0 Å². The highest BCUT2D eigenvalue weighted by Crippen LogP contribution is 2.41. The van der Waals surface area contributed by atoms with Crippen LogP contribution in [0.5, 0.6) is 0 Å². The molecule has 0 saturated carbocycles. The van der Waals surface area contributed by atoms with Gasteiger partial charge in [-0.25, -0.2) is 4.79 Å². The number of hydrogen-bond acceptors (Lipinski definition) is 25. The summed E-state index contributed by atoms with van der Waals surface area (Å²) < 4.78 is 48.0. The largest absolute Gasteiger partial charge is 0.477 e. The lowest BCUT2D eigenvalue weighted by atomic mass is 9.87. The number of unbranched alkanes of at least 4 members (excludes halogenated alkanes) is 21. The van der Waals surface area contributed by atoms with Crippen molar-refractivity contribution in [2.45, 2.75) is 329 Å². The van der Waals surface area contributed by atoms with Gasteiger partial charge < -0.3 is 125 Å². The number of rotatable bonds is 46. The van der Waals surface area contributed by atoms with E-state index in [0.29, 0.717) is 12.8 Å². The molecule has 0 aromatic rings. The Hall–Kier alpha value is -3.02. The number of carboxylic acids is 1. The van der Waals surface area contributed by atoms with Crippen LogP contribution >= 0.6 is 0 Å². The fourth-order valence-corrected chi connectivity index (χ4v) is 12.4. The molecule has 4 aliphatic heterocycles. The number of Topliss-reactive ketones (excluding diaryl/α,β-unsaturated/α-hetero) is 1. The van der Waals surface area contributed by atoms with Crippen molar-refractivity contribution >= 4 is 23.6 Å². The zero-order valence-corrected chi connectivity index (χ0v) is 54.4. The molecule has 16 N–H and O–H groups in total. The smallest absolute Gasteiger partial charge is 0.364 e. The minimum absolute atomic E-state index is 0.163. The second-order valence-electron chi connectivity index (χ2n) is 25.4. The van der Waals surface area contributed by atoms with Gasteiger partial charge in [-0.15, -0.1) is 0 Å². The minimum Gasteiger partial charge on any atom is -0.477 e. The third kappa shape index (κ3) is 25.4. The van der Waals surface area contributed by atoms with Gasteiger partial charge in [-0.2, -0.15) is 0 Å². The van der Waals surface area contributed by atoms with Crippen LogP contribution in [0.4, 0.5) is 0 Å². The number of aliphatic hydroxyl groups is 13. The average Bonchev–Trinajstić information content (AvgIpc) is 0.757. The maximum absolute atomic E-state index is 13.6. The van der Waals surface area contributed by atoms with Crippen molar-refractivity contribution in [1.29, 1.82) is 0 Å². The number of carbonyl (C=O) groups is 4. The summed E-state index contributed by atoms with van der Waals surface area (Å²) in [5, 5.41) is 160. The summed E-state index contributed by atoms with van der Waals surface area (Å²) in [5.74, 6) is -8.55. The molecule has 0 aromatic heterocycles. The van der Waals surface area contributed by atoms with Gasteiger partial charge in [0.05, 0.1) is 63.4 Å². The van der Waals surface area contributed by atoms with Gasteiger partial charge in [0, 0.05) is 32.1 Å². The molecule has 0 aliphatic carbocycles. The van der Waals surface area contributed by atoms with Gasteiger partial charge in [0.15, 0.2) is 18.9 Å². The Balaban J connectivity index is 1.58. The number of aliphatic carboxylic acids is 1. The predicted octanol–water partition coefficient (Wildman–Crippen LogP) is 0.664. The highest BCUT2D eigenvalue weighted by Gasteiger charge is 2.61. The summed E-state index contributed by atoms with van der Waals surface area (Å²) >= 11 is 0. The van der Waals surface area contributed by atoms with Crippen LogP contribution in [0.25, 0.3) is 0 Å². The Morgan fingerprint density at radius 1 is 0.598 bits per heavy atom. The van der Waals surface area contributed by atoms with E-state index in [4.69, 9.17) is 37.9 Å². The second kappa shape index (κ2) is 43.3. The number of carboxylic acid groups (broad SMARTS) is 1. The highest BCUT2D eigenvalue weighted by atomic mass is 16.8. The van der Waals surface area contributed by atoms with E-state index in [2.05, 4.69) is 24.5 Å². The first-order valence-corrected chi connectivity index (χ1v) is 33.8. The van der Waals surface area contributed by atoms with Crippen LogP contribution in [-0.2, 0) is 57.1 Å². The molecule has 23 atom stereocenters. The molecule has 4 rings (SSSR count). The van der Waals surface area contributed by atoms with Gasteiger partial charge in [-0.3, -0.25) is 9.59 Å². The van der Waals surface area contributed by atoms with Crippen LogP contribution < -0.4 is 10.6 Å². The number of hydrogen-bond donors (Lipinski definition) is 16. The van der Waals surface area contributed by atoms with Gasteiger partial charge in [-0.1, -0.05) is 154 Å². The zero-order chi connectivity index (χ0) is 67.9. The minimum atomic E-state index is -3.26. The molecule has 0 bridgehead atoms. The van der Waals surface area contributed by atoms with Crippen LogP contribution in [0.3, 0.4) is 0 Å². The topological polar surface area (TPSA) is 449 Å². The third-order valence-electron chi connectivity index (χ3n) is 17.8. The van der Waals surface area contributed by atoms with E-state index in [9.17, 15) is 90.7 Å². The lowest BCUT2D eigenvalue weighted by molar-refractivity contribution is -0.403. The molecule has 4 heterocycles. The molecule has 4 aliphatic rings. The van der Waals surface area contributed by atoms with Gasteiger partial charge in [0.1, 0.15) is 85.1 Å². The average molecular weight is 1330 g/mol. The lowest BCUT2D eigenvalue weighted by Gasteiger charge is -2.52. The summed E-state index contributed by atoms with van der Waals surface area (Å²) in [6, 6.07) is -2.78. The number of nitrogens with one attached hydrogen (secondary N) is 2. The molecular weight excluding hydrogens is 1210 g/mol. The maximum atomic E-state index is 13.6. The quantitative estimate of drug-likeness (QED) is 0.0294. The first-order chi connectivity index (χ1) is 44.0. The number of ether oxygens (including phenoxy) is 8. The molecule has 4 fully saturated rings. The molecule has 0 spiro atoms. The summed E-state index contributed by atoms with van der Waals surface area (Å²) in [7, 11) is 0. The first kappa shape index (κ1) is 81.4. The lowest BCUT2D eigenvalue weighted by Crippen LogP contribution is -2.71. The number of aliphatic hydroxyl groups excluding tert-OH is 13. The van der Waals surface area contributed by atoms with Crippen molar-refractivity contribution in [2.75, 3.05) is 33.0 Å². The van der Waals surface area contributed by atoms with Crippen molar-refractivity contribution in [3.63, 3.8) is 0 Å². The SMILES string of the molecule is CCCCCCCCCCCCCC=C[C@@H](O)[C@H](CO[C@@H]1O[C@H](CO)[C@@H](O[C@@H]2O[C@H](CO)[C@H](O[C@@H]3O[C@H](CO)[C@H](O)[C@H](O)[C@H]3CC(C)=O)[C@H](O[C@]3(C(=O)O)C[C@H](O)[C@@H](NC(C)=O)C([C@H](O)[C@H](O)CO)O3)[C@H]2O)[C@H](O)[C@H]1O)NC(=O)CCCCCCCCCCCCC. The van der Waals surface area contributed by atoms with E-state index in [-0.39, 0.29) is 12.3 Å². The molecule has 0 radical (unpaired) electrons. The predicted molar refractivity (Wildman–Crippen MR) is 328 cm³/mol. The Kier molecular flexibility index (Phi) is 38.3. The van der Waals surface area contributed by atoms with Crippen molar-refractivity contribution in [3.8, 4) is 0 Å². The van der Waals surface area contributed by atoms with Gasteiger partial charge in [0.2, 0.25) is 11.8 Å². The van der Waals surface area contributed by atoms with Crippen LogP contribution in [0.1, 0.15) is 195 Å². The Bertz CT molecular complexity index is 2100. The van der Waals surface area contributed by atoms with Crippen molar-refractivity contribution in [2.24, 2.45) is 5.92 Å². The molecule has 4 saturated heterocycles. The summed E-state index contributed by atoms with van der Waals surface area (Å²) in [6.45, 7) is 1.87. The summed E-state index contributed by atoms with van der Waals surface area (Å²) in [5.41, 5.74) is 0. The molecular formula is C64H114N2O26.